The van der Waals surface area contributed by atoms with Crippen LogP contribution in [0.4, 0.5) is 5.69 Å². The van der Waals surface area contributed by atoms with Crippen molar-refractivity contribution in [1.82, 2.24) is 4.98 Å². The number of carbonyl (C=O) groups excluding carboxylic acids is 2. The second-order valence-electron chi connectivity index (χ2n) is 6.09. The van der Waals surface area contributed by atoms with Crippen LogP contribution in [0.1, 0.15) is 59.8 Å². The molecule has 0 saturated carbocycles. The van der Waals surface area contributed by atoms with Gasteiger partial charge in [0.2, 0.25) is 0 Å². The minimum absolute atomic E-state index is 0.134. The van der Waals surface area contributed by atoms with Crippen LogP contribution in [0.3, 0.4) is 0 Å². The van der Waals surface area contributed by atoms with Gasteiger partial charge in [-0.15, -0.1) is 0 Å². The molecule has 0 saturated heterocycles. The number of hydrogen-bond donors (Lipinski definition) is 0. The molecular formula is C21H24N2O6. The fraction of sp³-hybridized carbons (Fsp3) is 0.381. The van der Waals surface area contributed by atoms with Gasteiger partial charge in [-0.25, -0.2) is 9.59 Å². The molecule has 2 rings (SSSR count). The number of carbonyl (C=O) groups is 2. The molecule has 29 heavy (non-hydrogen) atoms. The summed E-state index contributed by atoms with van der Waals surface area (Å²) in [7, 11) is 0. The number of aryl methyl sites for hydroxylation is 2. The second kappa shape index (κ2) is 9.77. The first-order valence-corrected chi connectivity index (χ1v) is 9.54. The number of non-ortho nitro benzene ring substituents is 1. The van der Waals surface area contributed by atoms with E-state index in [4.69, 9.17) is 9.47 Å². The SMILES string of the molecule is CCOC(=O)c1c(CC)nc(CC)c(C(=O)OCC)c1-c1cccc([N+](=O)[O-])c1. The highest BCUT2D eigenvalue weighted by molar-refractivity contribution is 6.07. The van der Waals surface area contributed by atoms with Crippen LogP contribution in [-0.2, 0) is 22.3 Å². The molecular weight excluding hydrogens is 376 g/mol. The Balaban J connectivity index is 2.98. The topological polar surface area (TPSA) is 109 Å². The number of nitrogens with zero attached hydrogens (tertiary/aromatic N) is 2. The molecule has 0 atom stereocenters. The molecule has 0 aliphatic carbocycles. The number of aromatic nitrogens is 1. The molecule has 0 aliphatic rings. The zero-order valence-corrected chi connectivity index (χ0v) is 17.0. The third-order valence-corrected chi connectivity index (χ3v) is 4.32. The maximum Gasteiger partial charge on any atom is 0.340 e. The number of benzene rings is 1. The second-order valence-corrected chi connectivity index (χ2v) is 6.09. The van der Waals surface area contributed by atoms with E-state index in [9.17, 15) is 19.7 Å². The van der Waals surface area contributed by atoms with Gasteiger partial charge in [-0.1, -0.05) is 26.0 Å². The smallest absolute Gasteiger partial charge is 0.340 e. The van der Waals surface area contributed by atoms with Crippen LogP contribution < -0.4 is 0 Å². The summed E-state index contributed by atoms with van der Waals surface area (Å²) < 4.78 is 10.4. The Kier molecular flexibility index (Phi) is 7.41. The minimum atomic E-state index is -0.633. The van der Waals surface area contributed by atoms with Gasteiger partial charge in [0.25, 0.3) is 5.69 Å². The third kappa shape index (κ3) is 4.59. The monoisotopic (exact) mass is 400 g/mol. The molecule has 2 aromatic rings. The molecule has 0 aliphatic heterocycles. The van der Waals surface area contributed by atoms with Gasteiger partial charge in [0.05, 0.1) is 40.7 Å². The van der Waals surface area contributed by atoms with E-state index in [0.717, 1.165) is 0 Å². The Morgan fingerprint density at radius 3 is 1.90 bits per heavy atom. The number of nitro groups is 1. The van der Waals surface area contributed by atoms with Gasteiger partial charge >= 0.3 is 11.9 Å². The Bertz CT molecular complexity index is 895. The number of rotatable bonds is 8. The first kappa shape index (κ1) is 22.0. The molecule has 8 nitrogen and oxygen atoms in total. The Morgan fingerprint density at radius 2 is 1.48 bits per heavy atom. The largest absolute Gasteiger partial charge is 0.462 e. The van der Waals surface area contributed by atoms with Crippen LogP contribution in [0.2, 0.25) is 0 Å². The summed E-state index contributed by atoms with van der Waals surface area (Å²) in [4.78, 5) is 40.9. The average molecular weight is 400 g/mol. The van der Waals surface area contributed by atoms with Crippen molar-refractivity contribution in [3.63, 3.8) is 0 Å². The van der Waals surface area contributed by atoms with Gasteiger partial charge in [-0.2, -0.15) is 0 Å². The van der Waals surface area contributed by atoms with Crippen LogP contribution in [0.5, 0.6) is 0 Å². The Hall–Kier alpha value is -3.29. The van der Waals surface area contributed by atoms with Crippen molar-refractivity contribution in [3.05, 3.63) is 56.9 Å². The van der Waals surface area contributed by atoms with E-state index in [0.29, 0.717) is 29.8 Å². The Morgan fingerprint density at radius 1 is 0.966 bits per heavy atom. The van der Waals surface area contributed by atoms with Crippen molar-refractivity contribution in [2.24, 2.45) is 0 Å². The quantitative estimate of drug-likeness (QED) is 0.372. The van der Waals surface area contributed by atoms with Crippen molar-refractivity contribution in [3.8, 4) is 11.1 Å². The molecule has 0 amide bonds. The lowest BCUT2D eigenvalue weighted by Crippen LogP contribution is -2.19. The third-order valence-electron chi connectivity index (χ3n) is 4.32. The van der Waals surface area contributed by atoms with E-state index in [1.54, 1.807) is 19.9 Å². The lowest BCUT2D eigenvalue weighted by molar-refractivity contribution is -0.384. The molecule has 0 spiro atoms. The van der Waals surface area contributed by atoms with E-state index in [2.05, 4.69) is 4.98 Å². The fourth-order valence-corrected chi connectivity index (χ4v) is 3.11. The van der Waals surface area contributed by atoms with Crippen molar-refractivity contribution in [2.75, 3.05) is 13.2 Å². The fourth-order valence-electron chi connectivity index (χ4n) is 3.11. The highest BCUT2D eigenvalue weighted by Crippen LogP contribution is 2.35. The highest BCUT2D eigenvalue weighted by Gasteiger charge is 2.29. The molecule has 0 fully saturated rings. The minimum Gasteiger partial charge on any atom is -0.462 e. The predicted molar refractivity (Wildman–Crippen MR) is 107 cm³/mol. The summed E-state index contributed by atoms with van der Waals surface area (Å²) in [6, 6.07) is 5.81. The number of esters is 2. The van der Waals surface area contributed by atoms with Gasteiger partial charge in [0.1, 0.15) is 0 Å². The van der Waals surface area contributed by atoms with E-state index >= 15 is 0 Å². The van der Waals surface area contributed by atoms with Gasteiger partial charge in [-0.3, -0.25) is 15.1 Å². The zero-order valence-electron chi connectivity index (χ0n) is 17.0. The summed E-state index contributed by atoms with van der Waals surface area (Å²) in [5.41, 5.74) is 1.67. The summed E-state index contributed by atoms with van der Waals surface area (Å²) in [6.07, 6.45) is 0.846. The lowest BCUT2D eigenvalue weighted by atomic mass is 9.90. The van der Waals surface area contributed by atoms with Crippen LogP contribution in [-0.4, -0.2) is 35.1 Å². The van der Waals surface area contributed by atoms with E-state index in [-0.39, 0.29) is 35.6 Å². The van der Waals surface area contributed by atoms with Crippen molar-refractivity contribution >= 4 is 17.6 Å². The highest BCUT2D eigenvalue weighted by atomic mass is 16.6. The molecule has 1 aromatic carbocycles. The summed E-state index contributed by atoms with van der Waals surface area (Å²) >= 11 is 0. The molecule has 0 radical (unpaired) electrons. The normalized spacial score (nSPS) is 10.5. The number of hydrogen-bond acceptors (Lipinski definition) is 7. The van der Waals surface area contributed by atoms with Crippen LogP contribution in [0.25, 0.3) is 11.1 Å². The summed E-state index contributed by atoms with van der Waals surface area (Å²) in [5.74, 6) is -1.27. The van der Waals surface area contributed by atoms with E-state index < -0.39 is 16.9 Å². The molecule has 0 N–H and O–H groups in total. The van der Waals surface area contributed by atoms with E-state index in [1.165, 1.54) is 18.2 Å². The van der Waals surface area contributed by atoms with Crippen molar-refractivity contribution in [2.45, 2.75) is 40.5 Å². The molecule has 0 bridgehead atoms. The maximum absolute atomic E-state index is 12.8. The first-order valence-electron chi connectivity index (χ1n) is 9.54. The number of pyridine rings is 1. The maximum atomic E-state index is 12.8. The molecule has 154 valence electrons. The van der Waals surface area contributed by atoms with Crippen LogP contribution in [0, 0.1) is 10.1 Å². The molecule has 0 unspecified atom stereocenters. The number of nitro benzene ring substituents is 1. The lowest BCUT2D eigenvalue weighted by Gasteiger charge is -2.19. The van der Waals surface area contributed by atoms with Gasteiger partial charge in [0, 0.05) is 17.7 Å². The van der Waals surface area contributed by atoms with Gasteiger partial charge in [-0.05, 0) is 32.3 Å². The first-order chi connectivity index (χ1) is 13.9. The molecule has 1 heterocycles. The summed E-state index contributed by atoms with van der Waals surface area (Å²) in [6.45, 7) is 7.31. The van der Waals surface area contributed by atoms with Crippen molar-refractivity contribution in [1.29, 1.82) is 0 Å². The Labute approximate surface area is 169 Å². The molecule has 1 aromatic heterocycles. The zero-order chi connectivity index (χ0) is 21.6. The summed E-state index contributed by atoms with van der Waals surface area (Å²) in [5, 5.41) is 11.3. The molecule has 8 heteroatoms. The van der Waals surface area contributed by atoms with Gasteiger partial charge in [0.15, 0.2) is 0 Å². The number of ether oxygens (including phenoxy) is 2. The van der Waals surface area contributed by atoms with Crippen LogP contribution in [0.15, 0.2) is 24.3 Å². The van der Waals surface area contributed by atoms with Crippen LogP contribution >= 0.6 is 0 Å². The standard InChI is InChI=1S/C21H24N2O6/c1-5-15-18(20(24)28-7-3)17(13-10-9-11-14(12-13)23(26)27)19(16(6-2)22-15)21(25)29-8-4/h9-12H,5-8H2,1-4H3. The van der Waals surface area contributed by atoms with Gasteiger partial charge < -0.3 is 9.47 Å². The van der Waals surface area contributed by atoms with E-state index in [1.807, 2.05) is 13.8 Å². The predicted octanol–water partition coefficient (Wildman–Crippen LogP) is 4.14. The van der Waals surface area contributed by atoms with Crippen molar-refractivity contribution < 1.29 is 24.0 Å². The average Bonchev–Trinajstić information content (AvgIpc) is 2.72.